The van der Waals surface area contributed by atoms with Gasteiger partial charge in [-0.25, -0.2) is 4.98 Å². The third-order valence-electron chi connectivity index (χ3n) is 4.70. The molecule has 8 heteroatoms. The van der Waals surface area contributed by atoms with Crippen molar-refractivity contribution < 1.29 is 9.59 Å². The van der Waals surface area contributed by atoms with Gasteiger partial charge in [-0.1, -0.05) is 12.1 Å². The Morgan fingerprint density at radius 1 is 1.15 bits per heavy atom. The van der Waals surface area contributed by atoms with E-state index in [0.29, 0.717) is 23.9 Å². The summed E-state index contributed by atoms with van der Waals surface area (Å²) in [6, 6.07) is 11.8. The minimum Gasteiger partial charge on any atom is -0.342 e. The van der Waals surface area contributed by atoms with Gasteiger partial charge < -0.3 is 10.2 Å². The Kier molecular flexibility index (Phi) is 5.56. The topological polar surface area (TPSA) is 62.3 Å². The number of thiophene rings is 1. The number of halogens is 1. The Labute approximate surface area is 173 Å². The molecule has 1 aromatic carbocycles. The van der Waals surface area contributed by atoms with Gasteiger partial charge in [0, 0.05) is 19.0 Å². The van der Waals surface area contributed by atoms with E-state index in [0.717, 1.165) is 22.1 Å². The van der Waals surface area contributed by atoms with E-state index in [4.69, 9.17) is 4.98 Å². The largest absolute Gasteiger partial charge is 0.342 e. The summed E-state index contributed by atoms with van der Waals surface area (Å²) in [7, 11) is 0. The van der Waals surface area contributed by atoms with Crippen molar-refractivity contribution >= 4 is 60.6 Å². The molecule has 0 saturated carbocycles. The van der Waals surface area contributed by atoms with Crippen LogP contribution in [0.5, 0.6) is 0 Å². The number of benzene rings is 1. The number of hydrogen-bond donors (Lipinski definition) is 1. The molecule has 1 aliphatic rings. The van der Waals surface area contributed by atoms with Crippen molar-refractivity contribution in [2.75, 3.05) is 19.6 Å². The van der Waals surface area contributed by atoms with E-state index < -0.39 is 0 Å². The van der Waals surface area contributed by atoms with Gasteiger partial charge in [0.05, 0.1) is 30.4 Å². The summed E-state index contributed by atoms with van der Waals surface area (Å²) in [4.78, 5) is 31.7. The maximum Gasteiger partial charge on any atom is 0.261 e. The number of nitrogens with one attached hydrogen (secondary N) is 1. The molecule has 27 heavy (non-hydrogen) atoms. The van der Waals surface area contributed by atoms with Crippen LogP contribution in [-0.4, -0.2) is 41.3 Å². The Morgan fingerprint density at radius 2 is 1.93 bits per heavy atom. The van der Waals surface area contributed by atoms with Gasteiger partial charge in [-0.15, -0.1) is 22.7 Å². The average Bonchev–Trinajstić information content (AvgIpc) is 3.32. The van der Waals surface area contributed by atoms with Crippen molar-refractivity contribution in [3.8, 4) is 0 Å². The number of piperidine rings is 1. The Balaban J connectivity index is 1.29. The van der Waals surface area contributed by atoms with Gasteiger partial charge >= 0.3 is 0 Å². The molecule has 1 aliphatic heterocycles. The molecular weight excluding hydrogens is 446 g/mol. The lowest BCUT2D eigenvalue weighted by molar-refractivity contribution is -0.131. The minimum atomic E-state index is -0.205. The molecule has 2 amide bonds. The van der Waals surface area contributed by atoms with Crippen LogP contribution in [-0.2, 0) is 4.79 Å². The lowest BCUT2D eigenvalue weighted by atomic mass is 9.97. The molecule has 0 atom stereocenters. The quantitative estimate of drug-likeness (QED) is 0.628. The number of carbonyl (C=O) groups is 2. The predicted molar refractivity (Wildman–Crippen MR) is 113 cm³/mol. The molecule has 1 saturated heterocycles. The minimum absolute atomic E-state index is 0.0262. The first-order chi connectivity index (χ1) is 13.1. The molecule has 0 aliphatic carbocycles. The molecule has 1 fully saturated rings. The maximum atomic E-state index is 12.4. The van der Waals surface area contributed by atoms with Crippen LogP contribution in [0.15, 0.2) is 40.2 Å². The number of thiazole rings is 1. The zero-order valence-corrected chi connectivity index (χ0v) is 17.7. The van der Waals surface area contributed by atoms with E-state index in [-0.39, 0.29) is 18.4 Å². The van der Waals surface area contributed by atoms with Crippen molar-refractivity contribution in [3.05, 3.63) is 50.1 Å². The highest BCUT2D eigenvalue weighted by Gasteiger charge is 2.26. The Hall–Kier alpha value is -1.77. The monoisotopic (exact) mass is 463 g/mol. The molecule has 0 radical (unpaired) electrons. The van der Waals surface area contributed by atoms with Crippen LogP contribution in [0.4, 0.5) is 0 Å². The van der Waals surface area contributed by atoms with Gasteiger partial charge in [0.2, 0.25) is 5.91 Å². The number of hydrogen-bond acceptors (Lipinski definition) is 5. The number of amides is 2. The fourth-order valence-electron chi connectivity index (χ4n) is 3.23. The van der Waals surface area contributed by atoms with Gasteiger partial charge in [-0.3, -0.25) is 9.59 Å². The van der Waals surface area contributed by atoms with E-state index in [1.54, 1.807) is 17.4 Å². The second-order valence-electron chi connectivity index (χ2n) is 6.46. The number of rotatable bonds is 4. The van der Waals surface area contributed by atoms with E-state index >= 15 is 0 Å². The summed E-state index contributed by atoms with van der Waals surface area (Å²) in [5, 5.41) is 3.89. The van der Waals surface area contributed by atoms with Gasteiger partial charge in [0.25, 0.3) is 5.91 Å². The van der Waals surface area contributed by atoms with Crippen LogP contribution >= 0.6 is 38.6 Å². The molecule has 0 spiro atoms. The molecule has 2 aromatic heterocycles. The third-order valence-corrected chi connectivity index (χ3v) is 7.53. The predicted octanol–water partition coefficient (Wildman–Crippen LogP) is 4.26. The van der Waals surface area contributed by atoms with Gasteiger partial charge in [0.1, 0.15) is 0 Å². The van der Waals surface area contributed by atoms with Crippen LogP contribution in [0.1, 0.15) is 33.4 Å². The van der Waals surface area contributed by atoms with Crippen molar-refractivity contribution in [3.63, 3.8) is 0 Å². The summed E-state index contributed by atoms with van der Waals surface area (Å²) in [5.74, 6) is 0.176. The average molecular weight is 464 g/mol. The fraction of sp³-hybridized carbons (Fsp3) is 0.316. The summed E-state index contributed by atoms with van der Waals surface area (Å²) in [6.45, 7) is 1.46. The highest BCUT2D eigenvalue weighted by molar-refractivity contribution is 9.11. The van der Waals surface area contributed by atoms with Crippen LogP contribution in [0.25, 0.3) is 10.2 Å². The highest BCUT2D eigenvalue weighted by atomic mass is 79.9. The molecule has 3 aromatic rings. The molecule has 4 rings (SSSR count). The third kappa shape index (κ3) is 4.23. The van der Waals surface area contributed by atoms with Crippen molar-refractivity contribution in [1.82, 2.24) is 15.2 Å². The lowest BCUT2D eigenvalue weighted by Gasteiger charge is -2.31. The van der Waals surface area contributed by atoms with Crippen molar-refractivity contribution in [2.45, 2.75) is 18.8 Å². The number of para-hydroxylation sites is 1. The SMILES string of the molecule is O=C(NCC(=O)N1CCC(c2nc3ccccc3s2)CC1)c1ccc(Br)s1. The van der Waals surface area contributed by atoms with E-state index in [2.05, 4.69) is 27.3 Å². The number of likely N-dealkylation sites (tertiary alicyclic amines) is 1. The molecule has 0 unspecified atom stereocenters. The zero-order valence-electron chi connectivity index (χ0n) is 14.5. The van der Waals surface area contributed by atoms with Crippen LogP contribution in [0, 0.1) is 0 Å². The maximum absolute atomic E-state index is 12.4. The summed E-state index contributed by atoms with van der Waals surface area (Å²) >= 11 is 6.45. The number of carbonyl (C=O) groups excluding carboxylic acids is 2. The summed E-state index contributed by atoms with van der Waals surface area (Å²) < 4.78 is 2.12. The van der Waals surface area contributed by atoms with Gasteiger partial charge in [-0.2, -0.15) is 0 Å². The smallest absolute Gasteiger partial charge is 0.261 e. The van der Waals surface area contributed by atoms with Crippen LogP contribution in [0.3, 0.4) is 0 Å². The van der Waals surface area contributed by atoms with E-state index in [9.17, 15) is 9.59 Å². The molecule has 0 bridgehead atoms. The number of aromatic nitrogens is 1. The van der Waals surface area contributed by atoms with Gasteiger partial charge in [0.15, 0.2) is 0 Å². The van der Waals surface area contributed by atoms with E-state index in [1.807, 2.05) is 29.2 Å². The first-order valence-corrected chi connectivity index (χ1v) is 11.2. The standard InChI is InChI=1S/C19H18BrN3O2S2/c20-16-6-5-15(26-16)18(25)21-11-17(24)23-9-7-12(8-10-23)19-22-13-3-1-2-4-14(13)27-19/h1-6,12H,7-11H2,(H,21,25). The Bertz CT molecular complexity index is 943. The van der Waals surface area contributed by atoms with Gasteiger partial charge in [-0.05, 0) is 53.0 Å². The van der Waals surface area contributed by atoms with Crippen LogP contribution in [0.2, 0.25) is 0 Å². The lowest BCUT2D eigenvalue weighted by Crippen LogP contribution is -2.43. The second-order valence-corrected chi connectivity index (χ2v) is 9.99. The number of fused-ring (bicyclic) bond motifs is 1. The molecule has 3 heterocycles. The van der Waals surface area contributed by atoms with Crippen LogP contribution < -0.4 is 5.32 Å². The summed E-state index contributed by atoms with van der Waals surface area (Å²) in [5.41, 5.74) is 1.05. The fourth-order valence-corrected chi connectivity index (χ4v) is 5.67. The highest BCUT2D eigenvalue weighted by Crippen LogP contribution is 2.33. The van der Waals surface area contributed by atoms with Crippen molar-refractivity contribution in [1.29, 1.82) is 0 Å². The number of nitrogens with zero attached hydrogens (tertiary/aromatic N) is 2. The first-order valence-electron chi connectivity index (χ1n) is 8.77. The zero-order chi connectivity index (χ0) is 18.8. The first kappa shape index (κ1) is 18.6. The normalized spacial score (nSPS) is 15.2. The van der Waals surface area contributed by atoms with Crippen molar-refractivity contribution in [2.24, 2.45) is 0 Å². The molecule has 1 N–H and O–H groups in total. The van der Waals surface area contributed by atoms with E-state index in [1.165, 1.54) is 21.0 Å². The molecule has 140 valence electrons. The Morgan fingerprint density at radius 3 is 2.63 bits per heavy atom. The second kappa shape index (κ2) is 8.08. The molecule has 5 nitrogen and oxygen atoms in total. The molecular formula is C19H18BrN3O2S2. The summed E-state index contributed by atoms with van der Waals surface area (Å²) in [6.07, 6.45) is 1.83.